The number of carbonyl (C=O) groups excluding carboxylic acids is 3. The van der Waals surface area contributed by atoms with Crippen molar-refractivity contribution < 1.29 is 24.3 Å². The SMILES string of the molecule is CC(=O)Nc1ccc(Cl)c(C(=O)N(C)CC(=O)N2CCC(C(=O)O)CC2)c1. The smallest absolute Gasteiger partial charge is 0.306 e. The molecule has 1 aromatic carbocycles. The Morgan fingerprint density at radius 3 is 2.44 bits per heavy atom. The predicted octanol–water partition coefficient (Wildman–Crippen LogP) is 1.69. The fourth-order valence-electron chi connectivity index (χ4n) is 2.93. The number of anilines is 1. The van der Waals surface area contributed by atoms with Crippen LogP contribution in [0.3, 0.4) is 0 Å². The van der Waals surface area contributed by atoms with E-state index in [1.165, 1.54) is 31.0 Å². The highest BCUT2D eigenvalue weighted by atomic mass is 35.5. The van der Waals surface area contributed by atoms with Crippen LogP contribution in [0.5, 0.6) is 0 Å². The topological polar surface area (TPSA) is 107 Å². The van der Waals surface area contributed by atoms with Crippen molar-refractivity contribution in [1.29, 1.82) is 0 Å². The number of carbonyl (C=O) groups is 4. The van der Waals surface area contributed by atoms with Crippen molar-refractivity contribution >= 4 is 41.0 Å². The number of piperidine rings is 1. The summed E-state index contributed by atoms with van der Waals surface area (Å²) in [4.78, 5) is 50.0. The van der Waals surface area contributed by atoms with Gasteiger partial charge in [-0.2, -0.15) is 0 Å². The molecule has 1 saturated heterocycles. The van der Waals surface area contributed by atoms with Gasteiger partial charge in [0.15, 0.2) is 0 Å². The Labute approximate surface area is 162 Å². The van der Waals surface area contributed by atoms with Crippen molar-refractivity contribution in [1.82, 2.24) is 9.80 Å². The number of amides is 3. The average Bonchev–Trinajstić information content (AvgIpc) is 2.62. The van der Waals surface area contributed by atoms with Crippen molar-refractivity contribution in [2.24, 2.45) is 5.92 Å². The summed E-state index contributed by atoms with van der Waals surface area (Å²) >= 11 is 6.09. The molecule has 0 saturated carbocycles. The Hall–Kier alpha value is -2.61. The molecular weight excluding hydrogens is 374 g/mol. The molecule has 0 unspecified atom stereocenters. The molecule has 1 aliphatic rings. The van der Waals surface area contributed by atoms with Crippen molar-refractivity contribution in [3.8, 4) is 0 Å². The molecule has 0 radical (unpaired) electrons. The summed E-state index contributed by atoms with van der Waals surface area (Å²) < 4.78 is 0. The minimum absolute atomic E-state index is 0.142. The van der Waals surface area contributed by atoms with E-state index in [9.17, 15) is 19.2 Å². The summed E-state index contributed by atoms with van der Waals surface area (Å²) in [6.45, 7) is 1.93. The van der Waals surface area contributed by atoms with E-state index in [2.05, 4.69) is 5.32 Å². The molecule has 3 amide bonds. The van der Waals surface area contributed by atoms with Gasteiger partial charge in [0.2, 0.25) is 11.8 Å². The van der Waals surface area contributed by atoms with Crippen LogP contribution >= 0.6 is 11.6 Å². The van der Waals surface area contributed by atoms with Gasteiger partial charge in [0.1, 0.15) is 0 Å². The molecule has 1 heterocycles. The van der Waals surface area contributed by atoms with Gasteiger partial charge in [0, 0.05) is 32.7 Å². The van der Waals surface area contributed by atoms with Crippen molar-refractivity contribution in [3.63, 3.8) is 0 Å². The van der Waals surface area contributed by atoms with E-state index in [0.717, 1.165) is 0 Å². The third kappa shape index (κ3) is 5.43. The van der Waals surface area contributed by atoms with Crippen LogP contribution in [0.15, 0.2) is 18.2 Å². The highest BCUT2D eigenvalue weighted by Crippen LogP contribution is 2.22. The molecule has 2 rings (SSSR count). The number of carboxylic acids is 1. The maximum absolute atomic E-state index is 12.6. The number of halogens is 1. The Kier molecular flexibility index (Phi) is 6.79. The lowest BCUT2D eigenvalue weighted by molar-refractivity contribution is -0.145. The fourth-order valence-corrected chi connectivity index (χ4v) is 3.12. The van der Waals surface area contributed by atoms with Crippen LogP contribution in [-0.4, -0.2) is 65.3 Å². The van der Waals surface area contributed by atoms with Crippen LogP contribution in [0.1, 0.15) is 30.1 Å². The van der Waals surface area contributed by atoms with Gasteiger partial charge in [-0.25, -0.2) is 0 Å². The second-order valence-corrected chi connectivity index (χ2v) is 6.94. The zero-order chi connectivity index (χ0) is 20.1. The number of likely N-dealkylation sites (N-methyl/N-ethyl adjacent to an activating group) is 1. The van der Waals surface area contributed by atoms with Gasteiger partial charge in [-0.15, -0.1) is 0 Å². The van der Waals surface area contributed by atoms with Crippen molar-refractivity contribution in [2.45, 2.75) is 19.8 Å². The number of hydrogen-bond donors (Lipinski definition) is 2. The second-order valence-electron chi connectivity index (χ2n) is 6.53. The van der Waals surface area contributed by atoms with Gasteiger partial charge in [0.05, 0.1) is 23.0 Å². The zero-order valence-corrected chi connectivity index (χ0v) is 16.0. The van der Waals surface area contributed by atoms with Gasteiger partial charge >= 0.3 is 5.97 Å². The normalized spacial score (nSPS) is 14.6. The molecule has 0 spiro atoms. The largest absolute Gasteiger partial charge is 0.481 e. The first kappa shape index (κ1) is 20.7. The zero-order valence-electron chi connectivity index (χ0n) is 15.2. The van der Waals surface area contributed by atoms with Crippen LogP contribution in [-0.2, 0) is 14.4 Å². The maximum Gasteiger partial charge on any atom is 0.306 e. The van der Waals surface area contributed by atoms with Crippen LogP contribution < -0.4 is 5.32 Å². The van der Waals surface area contributed by atoms with E-state index in [0.29, 0.717) is 31.6 Å². The molecule has 0 aliphatic carbocycles. The van der Waals surface area contributed by atoms with E-state index in [1.807, 2.05) is 0 Å². The molecule has 9 heteroatoms. The van der Waals surface area contributed by atoms with Crippen LogP contribution in [0.2, 0.25) is 5.02 Å². The molecule has 8 nitrogen and oxygen atoms in total. The van der Waals surface area contributed by atoms with E-state index in [1.54, 1.807) is 11.0 Å². The number of likely N-dealkylation sites (tertiary alicyclic amines) is 1. The average molecular weight is 396 g/mol. The summed E-state index contributed by atoms with van der Waals surface area (Å²) in [6, 6.07) is 4.55. The number of nitrogens with zero attached hydrogens (tertiary/aromatic N) is 2. The second kappa shape index (κ2) is 8.85. The molecule has 0 atom stereocenters. The standard InChI is InChI=1S/C18H22ClN3O5/c1-11(23)20-13-3-4-15(19)14(9-13)17(25)21(2)10-16(24)22-7-5-12(6-8-22)18(26)27/h3-4,9,12H,5-8,10H2,1-2H3,(H,20,23)(H,26,27). The molecule has 1 aliphatic heterocycles. The summed E-state index contributed by atoms with van der Waals surface area (Å²) in [5.74, 6) is -2.24. The highest BCUT2D eigenvalue weighted by molar-refractivity contribution is 6.34. The predicted molar refractivity (Wildman–Crippen MR) is 99.7 cm³/mol. The number of benzene rings is 1. The number of carboxylic acid groups (broad SMARTS) is 1. The lowest BCUT2D eigenvalue weighted by Crippen LogP contribution is -2.45. The van der Waals surface area contributed by atoms with E-state index < -0.39 is 17.8 Å². The quantitative estimate of drug-likeness (QED) is 0.789. The minimum atomic E-state index is -0.844. The number of hydrogen-bond acceptors (Lipinski definition) is 4. The Bertz CT molecular complexity index is 759. The van der Waals surface area contributed by atoms with Crippen molar-refractivity contribution in [3.05, 3.63) is 28.8 Å². The fraction of sp³-hybridized carbons (Fsp3) is 0.444. The summed E-state index contributed by atoms with van der Waals surface area (Å²) in [5.41, 5.74) is 0.619. The summed E-state index contributed by atoms with van der Waals surface area (Å²) in [5, 5.41) is 11.8. The van der Waals surface area contributed by atoms with Crippen LogP contribution in [0, 0.1) is 5.92 Å². The first-order valence-corrected chi connectivity index (χ1v) is 8.90. The highest BCUT2D eigenvalue weighted by Gasteiger charge is 2.28. The Balaban J connectivity index is 2.00. The summed E-state index contributed by atoms with van der Waals surface area (Å²) in [7, 11) is 1.49. The van der Waals surface area contributed by atoms with Gasteiger partial charge in [-0.05, 0) is 31.0 Å². The van der Waals surface area contributed by atoms with Gasteiger partial charge in [-0.1, -0.05) is 11.6 Å². The lowest BCUT2D eigenvalue weighted by Gasteiger charge is -2.31. The lowest BCUT2D eigenvalue weighted by atomic mass is 9.97. The number of aliphatic carboxylic acids is 1. The van der Waals surface area contributed by atoms with Gasteiger partial charge in [0.25, 0.3) is 5.91 Å². The molecule has 2 N–H and O–H groups in total. The minimum Gasteiger partial charge on any atom is -0.481 e. The third-order valence-electron chi connectivity index (χ3n) is 4.43. The van der Waals surface area contributed by atoms with Crippen LogP contribution in [0.4, 0.5) is 5.69 Å². The number of nitrogens with one attached hydrogen (secondary N) is 1. The molecule has 146 valence electrons. The maximum atomic E-state index is 12.6. The van der Waals surface area contributed by atoms with E-state index in [-0.39, 0.29) is 28.9 Å². The van der Waals surface area contributed by atoms with Crippen LogP contribution in [0.25, 0.3) is 0 Å². The monoisotopic (exact) mass is 395 g/mol. The van der Waals surface area contributed by atoms with E-state index >= 15 is 0 Å². The molecule has 1 fully saturated rings. The van der Waals surface area contributed by atoms with Gasteiger partial charge < -0.3 is 20.2 Å². The Morgan fingerprint density at radius 2 is 1.89 bits per heavy atom. The van der Waals surface area contributed by atoms with Crippen molar-refractivity contribution in [2.75, 3.05) is 32.0 Å². The van der Waals surface area contributed by atoms with E-state index in [4.69, 9.17) is 16.7 Å². The Morgan fingerprint density at radius 1 is 1.26 bits per heavy atom. The molecule has 1 aromatic rings. The number of rotatable bonds is 5. The first-order chi connectivity index (χ1) is 12.7. The summed E-state index contributed by atoms with van der Waals surface area (Å²) in [6.07, 6.45) is 0.812. The molecule has 0 aromatic heterocycles. The molecule has 27 heavy (non-hydrogen) atoms. The molecule has 0 bridgehead atoms. The third-order valence-corrected chi connectivity index (χ3v) is 4.76. The first-order valence-electron chi connectivity index (χ1n) is 8.52. The molecular formula is C18H22ClN3O5. The van der Waals surface area contributed by atoms with Gasteiger partial charge in [-0.3, -0.25) is 19.2 Å².